The van der Waals surface area contributed by atoms with E-state index in [9.17, 15) is 19.2 Å². The van der Waals surface area contributed by atoms with E-state index in [1.807, 2.05) is 128 Å². The van der Waals surface area contributed by atoms with Gasteiger partial charge in [-0.2, -0.15) is 0 Å². The van der Waals surface area contributed by atoms with Crippen LogP contribution in [0.3, 0.4) is 0 Å². The molecule has 0 N–H and O–H groups in total. The summed E-state index contributed by atoms with van der Waals surface area (Å²) in [5.41, 5.74) is 4.93. The van der Waals surface area contributed by atoms with E-state index in [0.29, 0.717) is 45.5 Å². The fourth-order valence-electron chi connectivity index (χ4n) is 8.75. The molecule has 0 fully saturated rings. The zero-order chi connectivity index (χ0) is 49.4. The molecule has 3 aliphatic heterocycles. The Balaban J connectivity index is 0.00000140. The summed E-state index contributed by atoms with van der Waals surface area (Å²) >= 11 is 2.37. The van der Waals surface area contributed by atoms with Gasteiger partial charge in [0.15, 0.2) is 0 Å². The SMILES string of the molecule is Cc1ccc(Oc2ccc(C(c3ccc(Oc4ccc(N5C(=O)c6ccc(Oc7ccc8c(c7)C(=O)N(C)C8=O)cc6C5=O)cc4)cc3)P3(=O)Oc4ccccc4-c4ccccc43)cc2)cc1.PPPI. The van der Waals surface area contributed by atoms with Gasteiger partial charge >= 0.3 is 0 Å². The third-order valence-corrected chi connectivity index (χ3v) is 24.8. The summed E-state index contributed by atoms with van der Waals surface area (Å²) in [5.74, 6) is 2.71. The number of fused-ring (bicyclic) bond motifs is 5. The van der Waals surface area contributed by atoms with Crippen molar-refractivity contribution in [2.24, 2.45) is 0 Å². The molecule has 5 atom stereocenters. The number of nitrogens with zero attached hydrogens (tertiary/aromatic N) is 2. The Morgan fingerprint density at radius 2 is 0.944 bits per heavy atom. The number of halogens is 1. The van der Waals surface area contributed by atoms with Crippen molar-refractivity contribution in [3.63, 3.8) is 0 Å². The Morgan fingerprint density at radius 1 is 0.521 bits per heavy atom. The van der Waals surface area contributed by atoms with Crippen LogP contribution in [0, 0.1) is 6.92 Å². The Hall–Kier alpha value is -6.51. The zero-order valence-corrected chi connectivity index (χ0v) is 44.1. The van der Waals surface area contributed by atoms with Crippen LogP contribution < -0.4 is 28.9 Å². The van der Waals surface area contributed by atoms with Gasteiger partial charge in [0, 0.05) is 12.6 Å². The highest BCUT2D eigenvalue weighted by Gasteiger charge is 2.45. The number of aryl methyl sites for hydroxylation is 1. The van der Waals surface area contributed by atoms with Crippen molar-refractivity contribution in [3.8, 4) is 51.4 Å². The highest BCUT2D eigenvalue weighted by Crippen LogP contribution is 2.65. The second-order valence-corrected chi connectivity index (χ2v) is 28.4. The van der Waals surface area contributed by atoms with Crippen molar-refractivity contribution in [2.75, 3.05) is 11.9 Å². The number of carbonyl (C=O) groups excluding carboxylic acids is 4. The summed E-state index contributed by atoms with van der Waals surface area (Å²) in [5, 5.41) is 0.632. The minimum absolute atomic E-state index is 0.161. The number of rotatable bonds is 11. The van der Waals surface area contributed by atoms with Crippen LogP contribution in [-0.4, -0.2) is 35.6 Å². The largest absolute Gasteiger partial charge is 0.457 e. The fraction of sp³-hybridized carbons (Fsp3) is 0.0545. The van der Waals surface area contributed by atoms with E-state index in [1.54, 1.807) is 36.4 Å². The lowest BCUT2D eigenvalue weighted by atomic mass is 10.0. The molecule has 8 aromatic carbocycles. The number of benzene rings is 8. The fourth-order valence-corrected chi connectivity index (χ4v) is 11.6. The van der Waals surface area contributed by atoms with Crippen molar-refractivity contribution in [1.29, 1.82) is 0 Å². The molecule has 0 radical (unpaired) electrons. The van der Waals surface area contributed by atoms with Crippen molar-refractivity contribution >= 4 is 86.8 Å². The van der Waals surface area contributed by atoms with Crippen LogP contribution >= 0.6 is 52.2 Å². The molecular formula is C55H41IN2O9P4. The molecule has 0 aliphatic carbocycles. The van der Waals surface area contributed by atoms with E-state index in [-0.39, 0.29) is 33.9 Å². The number of imide groups is 2. The quantitative estimate of drug-likeness (QED) is 0.0706. The van der Waals surface area contributed by atoms with Gasteiger partial charge in [0.1, 0.15) is 45.9 Å². The Bertz CT molecular complexity index is 3450. The summed E-state index contributed by atoms with van der Waals surface area (Å²) in [6, 6.07) is 53.9. The van der Waals surface area contributed by atoms with Gasteiger partial charge in [0.05, 0.1) is 33.2 Å². The second kappa shape index (κ2) is 20.3. The van der Waals surface area contributed by atoms with E-state index in [1.165, 1.54) is 31.3 Å². The van der Waals surface area contributed by atoms with Gasteiger partial charge in [0.25, 0.3) is 31.0 Å². The summed E-state index contributed by atoms with van der Waals surface area (Å²) in [4.78, 5) is 54.2. The topological polar surface area (TPSA) is 129 Å². The third kappa shape index (κ3) is 9.44. The molecule has 0 aromatic heterocycles. The van der Waals surface area contributed by atoms with Crippen LogP contribution in [0.4, 0.5) is 5.69 Å². The maximum Gasteiger partial charge on any atom is 0.289 e. The lowest BCUT2D eigenvalue weighted by Gasteiger charge is -2.34. The number of hydrogen-bond acceptors (Lipinski definition) is 9. The normalized spacial score (nSPS) is 16.0. The highest BCUT2D eigenvalue weighted by molar-refractivity contribution is 14.2. The Labute approximate surface area is 428 Å². The molecule has 3 heterocycles. The van der Waals surface area contributed by atoms with Crippen LogP contribution in [0.1, 0.15) is 63.8 Å². The number of carbonyl (C=O) groups is 4. The van der Waals surface area contributed by atoms with Gasteiger partial charge < -0.3 is 18.7 Å². The van der Waals surface area contributed by atoms with Crippen LogP contribution in [0.5, 0.6) is 40.2 Å². The first-order chi connectivity index (χ1) is 34.4. The number of ether oxygens (including phenoxy) is 3. The Morgan fingerprint density at radius 3 is 1.51 bits per heavy atom. The molecule has 11 rings (SSSR count). The molecule has 0 saturated heterocycles. The maximum atomic E-state index is 15.8. The first kappa shape index (κ1) is 48.1. The predicted molar refractivity (Wildman–Crippen MR) is 293 cm³/mol. The van der Waals surface area contributed by atoms with E-state index < -0.39 is 30.7 Å². The standard InChI is InChI=1S/C55H37N2O9P.H4IP3/c1-33-11-19-37(20-12-33)63-38-21-13-34(14-22-38)51(67(62)50-10-6-4-8-44(50)43-7-3-5-9-49(43)66-67)35-15-23-39(24-16-35)64-40-25-17-36(18-26-40)57-54(60)46-30-28-42(32-48(46)55(57)61)65-41-27-29-45-47(31-41)53(59)56(2)52(45)58;1-3-4-2/h3-32,51H,1-2H3;3-4H,2H2. The van der Waals surface area contributed by atoms with Crippen molar-refractivity contribution in [2.45, 2.75) is 12.6 Å². The monoisotopic (exact) mass is 1120 g/mol. The number of anilines is 1. The van der Waals surface area contributed by atoms with Crippen molar-refractivity contribution in [1.82, 2.24) is 4.90 Å². The number of amides is 4. The maximum absolute atomic E-state index is 15.8. The molecule has 0 bridgehead atoms. The first-order valence-electron chi connectivity index (χ1n) is 22.1. The van der Waals surface area contributed by atoms with Crippen LogP contribution in [0.2, 0.25) is 0 Å². The molecule has 5 unspecified atom stereocenters. The summed E-state index contributed by atoms with van der Waals surface area (Å²) in [6.07, 6.45) is 0. The molecule has 8 aromatic rings. The van der Waals surface area contributed by atoms with E-state index in [0.717, 1.165) is 51.5 Å². The van der Waals surface area contributed by atoms with Crippen molar-refractivity contribution in [3.05, 3.63) is 221 Å². The molecule has 352 valence electrons. The lowest BCUT2D eigenvalue weighted by molar-refractivity contribution is 0.0692. The van der Waals surface area contributed by atoms with Crippen LogP contribution in [0.15, 0.2) is 182 Å². The molecule has 3 aliphatic rings. The smallest absolute Gasteiger partial charge is 0.289 e. The Kier molecular flexibility index (Phi) is 13.8. The third-order valence-electron chi connectivity index (χ3n) is 12.2. The van der Waals surface area contributed by atoms with Gasteiger partial charge in [-0.1, -0.05) is 108 Å². The zero-order valence-electron chi connectivity index (χ0n) is 37.9. The molecule has 11 nitrogen and oxygen atoms in total. The van der Waals surface area contributed by atoms with Gasteiger partial charge in [-0.15, -0.1) is 8.93 Å². The number of hydrogen-bond donors (Lipinski definition) is 0. The van der Waals surface area contributed by atoms with Gasteiger partial charge in [-0.25, -0.2) is 4.90 Å². The minimum Gasteiger partial charge on any atom is -0.457 e. The highest BCUT2D eigenvalue weighted by atomic mass is 127. The summed E-state index contributed by atoms with van der Waals surface area (Å²) in [6.45, 7) is 2.02. The summed E-state index contributed by atoms with van der Waals surface area (Å²) in [7, 11) is 1.47. The van der Waals surface area contributed by atoms with Gasteiger partial charge in [0.2, 0.25) is 0 Å². The lowest BCUT2D eigenvalue weighted by Crippen LogP contribution is -2.29. The second-order valence-electron chi connectivity index (χ2n) is 16.6. The molecule has 0 saturated carbocycles. The van der Waals surface area contributed by atoms with E-state index >= 15 is 4.57 Å². The molecule has 4 amide bonds. The number of para-hydroxylation sites is 1. The van der Waals surface area contributed by atoms with Gasteiger partial charge in [-0.3, -0.25) is 28.6 Å². The van der Waals surface area contributed by atoms with Crippen molar-refractivity contribution < 1.29 is 42.5 Å². The molecule has 71 heavy (non-hydrogen) atoms. The predicted octanol–water partition coefficient (Wildman–Crippen LogP) is 14.5. The molecule has 16 heteroatoms. The van der Waals surface area contributed by atoms with E-state index in [2.05, 4.69) is 31.0 Å². The molecular weight excluding hydrogens is 1080 g/mol. The minimum atomic E-state index is -3.71. The molecule has 0 spiro atoms. The first-order valence-corrected chi connectivity index (χ1v) is 31.7. The van der Waals surface area contributed by atoms with Crippen LogP contribution in [-0.2, 0) is 4.57 Å². The van der Waals surface area contributed by atoms with Gasteiger partial charge in [-0.05, 0) is 139 Å². The average Bonchev–Trinajstić information content (AvgIpc) is 3.77. The van der Waals surface area contributed by atoms with Crippen LogP contribution in [0.25, 0.3) is 11.1 Å². The average molecular weight is 1120 g/mol. The van der Waals surface area contributed by atoms with E-state index in [4.69, 9.17) is 18.7 Å². The summed E-state index contributed by atoms with van der Waals surface area (Å²) < 4.78 is 40.8.